The van der Waals surface area contributed by atoms with E-state index in [9.17, 15) is 4.79 Å². The highest BCUT2D eigenvalue weighted by Gasteiger charge is 2.18. The second-order valence-corrected chi connectivity index (χ2v) is 4.64. The van der Waals surface area contributed by atoms with E-state index >= 15 is 0 Å². The van der Waals surface area contributed by atoms with Gasteiger partial charge in [-0.2, -0.15) is 0 Å². The fourth-order valence-corrected chi connectivity index (χ4v) is 2.53. The molecule has 3 N–H and O–H groups in total. The molecule has 0 unspecified atom stereocenters. The van der Waals surface area contributed by atoms with Gasteiger partial charge in [0.2, 0.25) is 0 Å². The maximum Gasteiger partial charge on any atom is 0.356 e. The number of carboxylic acids is 1. The number of hydrogen-bond acceptors (Lipinski definition) is 3. The summed E-state index contributed by atoms with van der Waals surface area (Å²) in [6.45, 7) is 1.88. The molecule has 0 aliphatic carbocycles. The zero-order valence-corrected chi connectivity index (χ0v) is 11.0. The van der Waals surface area contributed by atoms with Crippen molar-refractivity contribution in [1.82, 2.24) is 4.98 Å². The Morgan fingerprint density at radius 2 is 2.11 bits per heavy atom. The van der Waals surface area contributed by atoms with Crippen molar-refractivity contribution >= 4 is 45.8 Å². The molecule has 6 heteroatoms. The zero-order chi connectivity index (χ0) is 13.4. The van der Waals surface area contributed by atoms with Gasteiger partial charge in [-0.15, -0.1) is 0 Å². The number of hydrogen-bond donors (Lipinski definition) is 2. The van der Waals surface area contributed by atoms with E-state index in [2.05, 4.69) is 4.98 Å². The van der Waals surface area contributed by atoms with Crippen LogP contribution >= 0.6 is 23.2 Å². The summed E-state index contributed by atoms with van der Waals surface area (Å²) in [6.07, 6.45) is 0.562. The molecule has 1 aromatic heterocycles. The standard InChI is InChI=1S/C12H10Cl2N2O2/c1-2-6-9-7(14)3-5(13)4-8(9)16-11(10(6)15)12(17)18/h3-4H,2,15H2,1H3,(H,17,18). The van der Waals surface area contributed by atoms with Crippen molar-refractivity contribution in [3.05, 3.63) is 33.4 Å². The molecule has 0 aliphatic heterocycles. The molecule has 0 bridgehead atoms. The first kappa shape index (κ1) is 12.9. The smallest absolute Gasteiger partial charge is 0.356 e. The number of benzene rings is 1. The fraction of sp³-hybridized carbons (Fsp3) is 0.167. The number of nitrogens with two attached hydrogens (primary N) is 1. The number of carboxylic acid groups (broad SMARTS) is 1. The number of aromatic carboxylic acids is 1. The molecule has 0 radical (unpaired) electrons. The Bertz CT molecular complexity index is 656. The Morgan fingerprint density at radius 1 is 1.44 bits per heavy atom. The SMILES string of the molecule is CCc1c(N)c(C(=O)O)nc2cc(Cl)cc(Cl)c12. The summed E-state index contributed by atoms with van der Waals surface area (Å²) in [6, 6.07) is 3.17. The Kier molecular flexibility index (Phi) is 3.32. The van der Waals surface area contributed by atoms with Gasteiger partial charge in [0.25, 0.3) is 0 Å². The number of rotatable bonds is 2. The third-order valence-electron chi connectivity index (χ3n) is 2.70. The number of aromatic nitrogens is 1. The van der Waals surface area contributed by atoms with Gasteiger partial charge in [-0.25, -0.2) is 9.78 Å². The maximum atomic E-state index is 11.1. The number of halogens is 2. The van der Waals surface area contributed by atoms with Gasteiger partial charge in [0.05, 0.1) is 16.2 Å². The molecule has 1 aromatic carbocycles. The minimum absolute atomic E-state index is 0.154. The van der Waals surface area contributed by atoms with Crippen molar-refractivity contribution in [3.8, 4) is 0 Å². The van der Waals surface area contributed by atoms with Gasteiger partial charge in [0, 0.05) is 10.4 Å². The van der Waals surface area contributed by atoms with Gasteiger partial charge in [0.15, 0.2) is 5.69 Å². The van der Waals surface area contributed by atoms with Gasteiger partial charge in [-0.3, -0.25) is 0 Å². The highest BCUT2D eigenvalue weighted by atomic mass is 35.5. The predicted octanol–water partition coefficient (Wildman–Crippen LogP) is 3.38. The van der Waals surface area contributed by atoms with E-state index in [0.717, 1.165) is 0 Å². The Hall–Kier alpha value is -1.52. The highest BCUT2D eigenvalue weighted by molar-refractivity contribution is 6.39. The fourth-order valence-electron chi connectivity index (χ4n) is 1.94. The average molecular weight is 285 g/mol. The van der Waals surface area contributed by atoms with E-state index < -0.39 is 5.97 Å². The topological polar surface area (TPSA) is 76.2 Å². The van der Waals surface area contributed by atoms with Crippen LogP contribution in [0.3, 0.4) is 0 Å². The Labute approximate surface area is 113 Å². The van der Waals surface area contributed by atoms with Crippen molar-refractivity contribution < 1.29 is 9.90 Å². The maximum absolute atomic E-state index is 11.1. The molecular formula is C12H10Cl2N2O2. The van der Waals surface area contributed by atoms with Gasteiger partial charge in [0.1, 0.15) is 0 Å². The highest BCUT2D eigenvalue weighted by Crippen LogP contribution is 2.33. The normalized spacial score (nSPS) is 10.8. The number of nitrogens with zero attached hydrogens (tertiary/aromatic N) is 1. The Morgan fingerprint density at radius 3 is 2.67 bits per heavy atom. The largest absolute Gasteiger partial charge is 0.476 e. The first-order valence-corrected chi connectivity index (χ1v) is 6.01. The summed E-state index contributed by atoms with van der Waals surface area (Å²) in [4.78, 5) is 15.1. The molecule has 2 aromatic rings. The third-order valence-corrected chi connectivity index (χ3v) is 3.22. The quantitative estimate of drug-likeness (QED) is 0.886. The summed E-state index contributed by atoms with van der Waals surface area (Å²) in [5.74, 6) is -1.17. The van der Waals surface area contributed by atoms with Crippen LogP contribution in [0.2, 0.25) is 10.0 Å². The molecular weight excluding hydrogens is 275 g/mol. The lowest BCUT2D eigenvalue weighted by Crippen LogP contribution is -2.09. The molecule has 0 atom stereocenters. The van der Waals surface area contributed by atoms with Crippen molar-refractivity contribution in [2.75, 3.05) is 5.73 Å². The predicted molar refractivity (Wildman–Crippen MR) is 72.5 cm³/mol. The molecule has 18 heavy (non-hydrogen) atoms. The number of anilines is 1. The second-order valence-electron chi connectivity index (χ2n) is 3.79. The van der Waals surface area contributed by atoms with Crippen LogP contribution in [0.1, 0.15) is 23.0 Å². The first-order chi connectivity index (χ1) is 8.45. The minimum Gasteiger partial charge on any atom is -0.476 e. The molecule has 4 nitrogen and oxygen atoms in total. The summed E-state index contributed by atoms with van der Waals surface area (Å²) >= 11 is 12.0. The van der Waals surface area contributed by atoms with Crippen LogP contribution in [0.15, 0.2) is 12.1 Å². The zero-order valence-electron chi connectivity index (χ0n) is 9.50. The summed E-state index contributed by atoms with van der Waals surface area (Å²) in [5, 5.41) is 10.6. The van der Waals surface area contributed by atoms with Crippen LogP contribution in [0.4, 0.5) is 5.69 Å². The summed E-state index contributed by atoms with van der Waals surface area (Å²) in [7, 11) is 0. The lowest BCUT2D eigenvalue weighted by molar-refractivity contribution is 0.0692. The lowest BCUT2D eigenvalue weighted by atomic mass is 10.0. The third kappa shape index (κ3) is 1.98. The van der Waals surface area contributed by atoms with E-state index in [0.29, 0.717) is 32.9 Å². The van der Waals surface area contributed by atoms with Crippen LogP contribution in [-0.4, -0.2) is 16.1 Å². The van der Waals surface area contributed by atoms with Crippen molar-refractivity contribution in [2.45, 2.75) is 13.3 Å². The van der Waals surface area contributed by atoms with Crippen molar-refractivity contribution in [2.24, 2.45) is 0 Å². The van der Waals surface area contributed by atoms with Crippen LogP contribution < -0.4 is 5.73 Å². The number of carbonyl (C=O) groups is 1. The molecule has 1 heterocycles. The van der Waals surface area contributed by atoms with Crippen LogP contribution in [0.5, 0.6) is 0 Å². The molecule has 0 spiro atoms. The molecule has 94 valence electrons. The number of aryl methyl sites for hydroxylation is 1. The first-order valence-electron chi connectivity index (χ1n) is 5.26. The van der Waals surface area contributed by atoms with Crippen LogP contribution in [0.25, 0.3) is 10.9 Å². The lowest BCUT2D eigenvalue weighted by Gasteiger charge is -2.12. The van der Waals surface area contributed by atoms with Crippen molar-refractivity contribution in [3.63, 3.8) is 0 Å². The second kappa shape index (κ2) is 4.63. The summed E-state index contributed by atoms with van der Waals surface area (Å²) in [5.41, 5.74) is 6.94. The number of nitrogen functional groups attached to an aromatic ring is 1. The number of fused-ring (bicyclic) bond motifs is 1. The van der Waals surface area contributed by atoms with Gasteiger partial charge < -0.3 is 10.8 Å². The van der Waals surface area contributed by atoms with E-state index in [1.807, 2.05) is 6.92 Å². The van der Waals surface area contributed by atoms with E-state index in [1.165, 1.54) is 0 Å². The Balaban J connectivity index is 2.97. The van der Waals surface area contributed by atoms with Gasteiger partial charge in [-0.05, 0) is 24.1 Å². The molecule has 2 rings (SSSR count). The number of pyridine rings is 1. The van der Waals surface area contributed by atoms with Gasteiger partial charge in [-0.1, -0.05) is 30.1 Å². The molecule has 0 saturated heterocycles. The monoisotopic (exact) mass is 284 g/mol. The van der Waals surface area contributed by atoms with E-state index in [-0.39, 0.29) is 11.4 Å². The van der Waals surface area contributed by atoms with E-state index in [1.54, 1.807) is 12.1 Å². The van der Waals surface area contributed by atoms with Crippen LogP contribution in [0, 0.1) is 0 Å². The molecule has 0 aliphatic rings. The minimum atomic E-state index is -1.17. The van der Waals surface area contributed by atoms with Crippen molar-refractivity contribution in [1.29, 1.82) is 0 Å². The molecule has 0 amide bonds. The summed E-state index contributed by atoms with van der Waals surface area (Å²) < 4.78 is 0. The molecule has 0 saturated carbocycles. The van der Waals surface area contributed by atoms with Gasteiger partial charge >= 0.3 is 5.97 Å². The molecule has 0 fully saturated rings. The van der Waals surface area contributed by atoms with E-state index in [4.69, 9.17) is 34.0 Å². The average Bonchev–Trinajstić information content (AvgIpc) is 2.28. The van der Waals surface area contributed by atoms with Crippen LogP contribution in [-0.2, 0) is 6.42 Å².